The van der Waals surface area contributed by atoms with Crippen LogP contribution in [0.25, 0.3) is 0 Å². The minimum Gasteiger partial charge on any atom is -0.435 e. The molecule has 0 fully saturated rings. The SMILES string of the molecule is CCCC(N)C(=O)NCc1ccc(OC(F)F)cc1.Cl. The summed E-state index contributed by atoms with van der Waals surface area (Å²) < 4.78 is 28.1. The van der Waals surface area contributed by atoms with Crippen molar-refractivity contribution in [3.63, 3.8) is 0 Å². The number of benzene rings is 1. The van der Waals surface area contributed by atoms with Crippen LogP contribution < -0.4 is 15.8 Å². The molecule has 0 spiro atoms. The maximum atomic E-state index is 11.9. The Morgan fingerprint density at radius 3 is 2.45 bits per heavy atom. The Labute approximate surface area is 123 Å². The summed E-state index contributed by atoms with van der Waals surface area (Å²) in [4.78, 5) is 11.6. The van der Waals surface area contributed by atoms with E-state index in [9.17, 15) is 13.6 Å². The Kier molecular flexibility index (Phi) is 8.83. The molecule has 0 saturated heterocycles. The summed E-state index contributed by atoms with van der Waals surface area (Å²) in [5.74, 6) is -0.123. The van der Waals surface area contributed by atoms with Crippen molar-refractivity contribution in [3.8, 4) is 5.75 Å². The lowest BCUT2D eigenvalue weighted by Crippen LogP contribution is -2.40. The number of halogens is 3. The zero-order chi connectivity index (χ0) is 14.3. The molecule has 0 aliphatic carbocycles. The van der Waals surface area contributed by atoms with Crippen LogP contribution in [0.5, 0.6) is 5.75 Å². The molecule has 1 unspecified atom stereocenters. The van der Waals surface area contributed by atoms with Gasteiger partial charge in [0, 0.05) is 6.54 Å². The first-order valence-corrected chi connectivity index (χ1v) is 6.10. The molecule has 1 aromatic rings. The molecule has 0 aliphatic rings. The van der Waals surface area contributed by atoms with Gasteiger partial charge < -0.3 is 15.8 Å². The minimum absolute atomic E-state index is 0. The van der Waals surface area contributed by atoms with E-state index >= 15 is 0 Å². The first-order chi connectivity index (χ1) is 9.02. The second-order valence-corrected chi connectivity index (χ2v) is 4.14. The van der Waals surface area contributed by atoms with Gasteiger partial charge in [0.2, 0.25) is 5.91 Å². The molecule has 0 heterocycles. The lowest BCUT2D eigenvalue weighted by molar-refractivity contribution is -0.122. The number of carbonyl (C=O) groups is 1. The topological polar surface area (TPSA) is 64.4 Å². The molecule has 1 aromatic carbocycles. The van der Waals surface area contributed by atoms with Gasteiger partial charge in [0.25, 0.3) is 0 Å². The smallest absolute Gasteiger partial charge is 0.387 e. The van der Waals surface area contributed by atoms with Gasteiger partial charge in [0.1, 0.15) is 5.75 Å². The van der Waals surface area contributed by atoms with Gasteiger partial charge in [0.05, 0.1) is 6.04 Å². The van der Waals surface area contributed by atoms with Crippen molar-refractivity contribution < 1.29 is 18.3 Å². The van der Waals surface area contributed by atoms with Crippen molar-refractivity contribution in [2.45, 2.75) is 39.0 Å². The van der Waals surface area contributed by atoms with E-state index in [0.717, 1.165) is 12.0 Å². The van der Waals surface area contributed by atoms with Crippen LogP contribution in [-0.2, 0) is 11.3 Å². The quantitative estimate of drug-likeness (QED) is 0.813. The summed E-state index contributed by atoms with van der Waals surface area (Å²) in [6.07, 6.45) is 1.47. The highest BCUT2D eigenvalue weighted by Gasteiger charge is 2.11. The van der Waals surface area contributed by atoms with E-state index in [1.54, 1.807) is 12.1 Å². The molecule has 1 amide bonds. The van der Waals surface area contributed by atoms with Crippen LogP contribution >= 0.6 is 12.4 Å². The molecule has 0 aliphatic heterocycles. The van der Waals surface area contributed by atoms with Crippen molar-refractivity contribution in [3.05, 3.63) is 29.8 Å². The maximum absolute atomic E-state index is 11.9. The Morgan fingerprint density at radius 1 is 1.35 bits per heavy atom. The molecule has 4 nitrogen and oxygen atoms in total. The van der Waals surface area contributed by atoms with Gasteiger partial charge in [-0.3, -0.25) is 4.79 Å². The van der Waals surface area contributed by atoms with Crippen molar-refractivity contribution >= 4 is 18.3 Å². The Hall–Kier alpha value is -1.40. The van der Waals surface area contributed by atoms with Gasteiger partial charge in [-0.25, -0.2) is 0 Å². The number of rotatable bonds is 7. The number of amides is 1. The number of ether oxygens (including phenoxy) is 1. The molecule has 0 saturated carbocycles. The minimum atomic E-state index is -2.84. The monoisotopic (exact) mass is 308 g/mol. The molecule has 1 atom stereocenters. The van der Waals surface area contributed by atoms with Crippen molar-refractivity contribution in [2.24, 2.45) is 5.73 Å². The van der Waals surface area contributed by atoms with E-state index in [1.165, 1.54) is 12.1 Å². The highest BCUT2D eigenvalue weighted by atomic mass is 35.5. The predicted octanol–water partition coefficient (Wildman–Crippen LogP) is 2.45. The number of nitrogens with one attached hydrogen (secondary N) is 1. The van der Waals surface area contributed by atoms with Crippen LogP contribution in [0.15, 0.2) is 24.3 Å². The number of alkyl halides is 2. The van der Waals surface area contributed by atoms with Crippen LogP contribution in [0, 0.1) is 0 Å². The zero-order valence-corrected chi connectivity index (χ0v) is 12.0. The van der Waals surface area contributed by atoms with Crippen LogP contribution in [0.1, 0.15) is 25.3 Å². The fourth-order valence-corrected chi connectivity index (χ4v) is 1.55. The Bertz CT molecular complexity index is 402. The highest BCUT2D eigenvalue weighted by molar-refractivity contribution is 5.85. The molecule has 7 heteroatoms. The zero-order valence-electron chi connectivity index (χ0n) is 11.1. The standard InChI is InChI=1S/C13H18F2N2O2.ClH/c1-2-3-11(16)12(18)17-8-9-4-6-10(7-5-9)19-13(14)15;/h4-7,11,13H,2-3,8,16H2,1H3,(H,17,18);1H. The summed E-state index contributed by atoms with van der Waals surface area (Å²) >= 11 is 0. The van der Waals surface area contributed by atoms with Gasteiger partial charge >= 0.3 is 6.61 Å². The Balaban J connectivity index is 0.00000361. The number of carbonyl (C=O) groups excluding carboxylic acids is 1. The third-order valence-corrected chi connectivity index (χ3v) is 2.55. The lowest BCUT2D eigenvalue weighted by Gasteiger charge is -2.11. The third kappa shape index (κ3) is 6.68. The summed E-state index contributed by atoms with van der Waals surface area (Å²) in [6.45, 7) is -0.572. The summed E-state index contributed by atoms with van der Waals surface area (Å²) in [6, 6.07) is 5.58. The van der Waals surface area contributed by atoms with Crippen LogP contribution in [0.3, 0.4) is 0 Å². The van der Waals surface area contributed by atoms with Crippen molar-refractivity contribution in [1.82, 2.24) is 5.32 Å². The fourth-order valence-electron chi connectivity index (χ4n) is 1.55. The number of hydrogen-bond acceptors (Lipinski definition) is 3. The molecule has 114 valence electrons. The second-order valence-electron chi connectivity index (χ2n) is 4.14. The summed E-state index contributed by atoms with van der Waals surface area (Å²) in [5, 5.41) is 2.69. The first-order valence-electron chi connectivity index (χ1n) is 6.10. The van der Waals surface area contributed by atoms with E-state index < -0.39 is 12.7 Å². The molecule has 0 radical (unpaired) electrons. The van der Waals surface area contributed by atoms with Gasteiger partial charge in [-0.15, -0.1) is 12.4 Å². The third-order valence-electron chi connectivity index (χ3n) is 2.55. The average Bonchev–Trinajstić information content (AvgIpc) is 2.37. The van der Waals surface area contributed by atoms with Crippen molar-refractivity contribution in [2.75, 3.05) is 0 Å². The van der Waals surface area contributed by atoms with Gasteiger partial charge in [-0.1, -0.05) is 25.5 Å². The molecule has 1 rings (SSSR count). The first kappa shape index (κ1) is 18.6. The largest absolute Gasteiger partial charge is 0.435 e. The van der Waals surface area contributed by atoms with Crippen LogP contribution in [-0.4, -0.2) is 18.6 Å². The highest BCUT2D eigenvalue weighted by Crippen LogP contribution is 2.14. The van der Waals surface area contributed by atoms with Crippen LogP contribution in [0.4, 0.5) is 8.78 Å². The van der Waals surface area contributed by atoms with Gasteiger partial charge in [-0.05, 0) is 24.1 Å². The summed E-state index contributed by atoms with van der Waals surface area (Å²) in [7, 11) is 0. The van der Waals surface area contributed by atoms with E-state index in [0.29, 0.717) is 13.0 Å². The predicted molar refractivity (Wildman–Crippen MR) is 75.1 cm³/mol. The molecule has 0 aromatic heterocycles. The molecular weight excluding hydrogens is 290 g/mol. The second kappa shape index (κ2) is 9.50. The van der Waals surface area contributed by atoms with Crippen molar-refractivity contribution in [1.29, 1.82) is 0 Å². The lowest BCUT2D eigenvalue weighted by atomic mass is 10.1. The van der Waals surface area contributed by atoms with E-state index in [2.05, 4.69) is 10.1 Å². The van der Waals surface area contributed by atoms with Gasteiger partial charge in [0.15, 0.2) is 0 Å². The van der Waals surface area contributed by atoms with E-state index in [1.807, 2.05) is 6.92 Å². The maximum Gasteiger partial charge on any atom is 0.387 e. The normalized spacial score (nSPS) is 11.7. The van der Waals surface area contributed by atoms with Crippen LogP contribution in [0.2, 0.25) is 0 Å². The van der Waals surface area contributed by atoms with Gasteiger partial charge in [-0.2, -0.15) is 8.78 Å². The fraction of sp³-hybridized carbons (Fsp3) is 0.462. The molecule has 3 N–H and O–H groups in total. The van der Waals surface area contributed by atoms with E-state index in [4.69, 9.17) is 5.73 Å². The Morgan fingerprint density at radius 2 is 1.95 bits per heavy atom. The van der Waals surface area contributed by atoms with E-state index in [-0.39, 0.29) is 24.1 Å². The molecular formula is C13H19ClF2N2O2. The molecule has 20 heavy (non-hydrogen) atoms. The molecule has 0 bridgehead atoms. The average molecular weight is 309 g/mol. The number of hydrogen-bond donors (Lipinski definition) is 2. The number of nitrogens with two attached hydrogens (primary N) is 1. The summed E-state index contributed by atoms with van der Waals surface area (Å²) in [5.41, 5.74) is 6.45.